The van der Waals surface area contributed by atoms with Crippen molar-refractivity contribution >= 4 is 28.5 Å². The number of methoxy groups -OCH3 is 1. The summed E-state index contributed by atoms with van der Waals surface area (Å²) in [5.41, 5.74) is 5.46. The van der Waals surface area contributed by atoms with Gasteiger partial charge >= 0.3 is 0 Å². The zero-order valence-corrected chi connectivity index (χ0v) is 21.8. The number of aromatic nitrogens is 3. The molecule has 8 nitrogen and oxygen atoms in total. The van der Waals surface area contributed by atoms with Crippen molar-refractivity contribution in [3.8, 4) is 16.9 Å². The summed E-state index contributed by atoms with van der Waals surface area (Å²) in [5.74, 6) is 1.40. The Hall–Kier alpha value is -4.59. The van der Waals surface area contributed by atoms with Gasteiger partial charge in [-0.05, 0) is 89.9 Å². The minimum Gasteiger partial charge on any atom is -0.496 e. The van der Waals surface area contributed by atoms with Crippen molar-refractivity contribution in [2.75, 3.05) is 25.5 Å². The predicted octanol–water partition coefficient (Wildman–Crippen LogP) is 5.33. The first kappa shape index (κ1) is 24.7. The van der Waals surface area contributed by atoms with Crippen molar-refractivity contribution in [2.45, 2.75) is 31.1 Å². The molecule has 0 radical (unpaired) electrons. The second kappa shape index (κ2) is 10.3. The van der Waals surface area contributed by atoms with Crippen LogP contribution in [0.15, 0.2) is 73.8 Å². The Morgan fingerprint density at radius 1 is 1.05 bits per heavy atom. The molecule has 1 saturated carbocycles. The van der Waals surface area contributed by atoms with Gasteiger partial charge < -0.3 is 15.0 Å². The first-order chi connectivity index (χ1) is 19.0. The van der Waals surface area contributed by atoms with Gasteiger partial charge in [-0.25, -0.2) is 15.0 Å². The number of hydrogen-bond donors (Lipinski definition) is 1. The van der Waals surface area contributed by atoms with Gasteiger partial charge in [-0.2, -0.15) is 0 Å². The smallest absolute Gasteiger partial charge is 0.260 e. The van der Waals surface area contributed by atoms with Crippen molar-refractivity contribution in [1.29, 1.82) is 0 Å². The number of hydrogen-bond acceptors (Lipinski definition) is 6. The average Bonchev–Trinajstić information content (AvgIpc) is 3.72. The van der Waals surface area contributed by atoms with Gasteiger partial charge in [0.05, 0.1) is 18.2 Å². The fourth-order valence-corrected chi connectivity index (χ4v) is 5.38. The van der Waals surface area contributed by atoms with Crippen molar-refractivity contribution in [1.82, 2.24) is 19.9 Å². The van der Waals surface area contributed by atoms with Crippen LogP contribution in [0.1, 0.15) is 52.6 Å². The first-order valence-electron chi connectivity index (χ1n) is 13.1. The molecule has 8 heteroatoms. The molecular formula is C31H29N5O3. The summed E-state index contributed by atoms with van der Waals surface area (Å²) in [5, 5.41) is 3.84. The number of pyridine rings is 1. The van der Waals surface area contributed by atoms with E-state index in [0.29, 0.717) is 36.1 Å². The van der Waals surface area contributed by atoms with Gasteiger partial charge in [0.15, 0.2) is 0 Å². The van der Waals surface area contributed by atoms with Crippen molar-refractivity contribution in [3.05, 3.63) is 90.5 Å². The second-order valence-corrected chi connectivity index (χ2v) is 10.1. The molecule has 1 unspecified atom stereocenters. The van der Waals surface area contributed by atoms with Gasteiger partial charge in [0.2, 0.25) is 5.91 Å². The monoisotopic (exact) mass is 519 g/mol. The lowest BCUT2D eigenvalue weighted by molar-refractivity contribution is -0.125. The van der Waals surface area contributed by atoms with E-state index < -0.39 is 0 Å². The van der Waals surface area contributed by atoms with Crippen LogP contribution in [-0.2, 0) is 4.79 Å². The average molecular weight is 520 g/mol. The van der Waals surface area contributed by atoms with E-state index in [-0.39, 0.29) is 17.7 Å². The van der Waals surface area contributed by atoms with Crippen LogP contribution in [0.2, 0.25) is 0 Å². The number of carbonyl (C=O) groups is 2. The third-order valence-corrected chi connectivity index (χ3v) is 7.60. The highest BCUT2D eigenvalue weighted by molar-refractivity contribution is 6.06. The summed E-state index contributed by atoms with van der Waals surface area (Å²) in [6.07, 6.45) is 9.67. The standard InChI is InChI=1S/C31H29N5O3/c1-3-29(37)36-11-9-22(17-36)26-13-23(12-24-16-32-18-34-30(24)26)20-6-7-25(27(14-20)39-2)31(38)35-28-15-21(8-10-33-28)19-4-5-19/h3,6-8,10,12-16,18-19,22H,1,4-5,9,11,17H2,2H3,(H,33,35,38). The Morgan fingerprint density at radius 3 is 2.72 bits per heavy atom. The quantitative estimate of drug-likeness (QED) is 0.332. The van der Waals surface area contributed by atoms with E-state index in [9.17, 15) is 9.59 Å². The second-order valence-electron chi connectivity index (χ2n) is 10.1. The largest absolute Gasteiger partial charge is 0.496 e. The Labute approximate surface area is 226 Å². The first-order valence-corrected chi connectivity index (χ1v) is 13.1. The summed E-state index contributed by atoms with van der Waals surface area (Å²) >= 11 is 0. The van der Waals surface area contributed by atoms with Crippen LogP contribution in [0.25, 0.3) is 22.0 Å². The number of likely N-dealkylation sites (tertiary alicyclic amines) is 1. The number of nitrogens with one attached hydrogen (secondary N) is 1. The number of ether oxygens (including phenoxy) is 1. The van der Waals surface area contributed by atoms with Crippen LogP contribution < -0.4 is 10.1 Å². The highest BCUT2D eigenvalue weighted by atomic mass is 16.5. The molecule has 6 rings (SSSR count). The minimum atomic E-state index is -0.274. The van der Waals surface area contributed by atoms with E-state index in [0.717, 1.165) is 34.0 Å². The van der Waals surface area contributed by atoms with Crippen LogP contribution in [-0.4, -0.2) is 51.9 Å². The number of fused-ring (bicyclic) bond motifs is 1. The minimum absolute atomic E-state index is 0.0550. The molecule has 2 amide bonds. The molecule has 2 fully saturated rings. The molecule has 1 aliphatic heterocycles. The fourth-order valence-electron chi connectivity index (χ4n) is 5.38. The molecule has 196 valence electrons. The summed E-state index contributed by atoms with van der Waals surface area (Å²) in [7, 11) is 1.56. The lowest BCUT2D eigenvalue weighted by Crippen LogP contribution is -2.26. The lowest BCUT2D eigenvalue weighted by atomic mass is 9.91. The maximum Gasteiger partial charge on any atom is 0.260 e. The topological polar surface area (TPSA) is 97.3 Å². The molecule has 1 N–H and O–H groups in total. The van der Waals surface area contributed by atoms with E-state index in [1.165, 1.54) is 24.5 Å². The summed E-state index contributed by atoms with van der Waals surface area (Å²) in [6, 6.07) is 13.7. The van der Waals surface area contributed by atoms with Crippen molar-refractivity contribution < 1.29 is 14.3 Å². The molecule has 2 aliphatic rings. The number of carbonyl (C=O) groups excluding carboxylic acids is 2. The van der Waals surface area contributed by atoms with Crippen LogP contribution in [0, 0.1) is 0 Å². The molecule has 1 aliphatic carbocycles. The number of rotatable bonds is 7. The molecule has 2 aromatic carbocycles. The number of amides is 2. The highest BCUT2D eigenvalue weighted by Crippen LogP contribution is 2.40. The normalized spacial score (nSPS) is 16.7. The van der Waals surface area contributed by atoms with Crippen LogP contribution in [0.4, 0.5) is 5.82 Å². The zero-order chi connectivity index (χ0) is 26.9. The van der Waals surface area contributed by atoms with E-state index >= 15 is 0 Å². The number of benzene rings is 2. The van der Waals surface area contributed by atoms with Gasteiger partial charge in [-0.3, -0.25) is 9.59 Å². The Balaban J connectivity index is 1.31. The molecule has 4 aromatic rings. The number of anilines is 1. The van der Waals surface area contributed by atoms with Gasteiger partial charge in [-0.1, -0.05) is 12.6 Å². The van der Waals surface area contributed by atoms with Crippen molar-refractivity contribution in [2.24, 2.45) is 0 Å². The fraction of sp³-hybridized carbons (Fsp3) is 0.258. The zero-order valence-electron chi connectivity index (χ0n) is 21.8. The maximum absolute atomic E-state index is 13.2. The van der Waals surface area contributed by atoms with Crippen LogP contribution in [0.3, 0.4) is 0 Å². The van der Waals surface area contributed by atoms with Gasteiger partial charge in [0.1, 0.15) is 17.9 Å². The maximum atomic E-state index is 13.2. The van der Waals surface area contributed by atoms with E-state index in [4.69, 9.17) is 4.74 Å². The van der Waals surface area contributed by atoms with Crippen molar-refractivity contribution in [3.63, 3.8) is 0 Å². The molecular weight excluding hydrogens is 490 g/mol. The molecule has 3 heterocycles. The summed E-state index contributed by atoms with van der Waals surface area (Å²) in [4.78, 5) is 40.3. The molecule has 39 heavy (non-hydrogen) atoms. The van der Waals surface area contributed by atoms with Gasteiger partial charge in [0.25, 0.3) is 5.91 Å². The number of nitrogens with zero attached hydrogens (tertiary/aromatic N) is 4. The molecule has 2 aromatic heterocycles. The Bertz CT molecular complexity index is 1600. The summed E-state index contributed by atoms with van der Waals surface area (Å²) in [6.45, 7) is 4.92. The van der Waals surface area contributed by atoms with Gasteiger partial charge in [-0.15, -0.1) is 0 Å². The van der Waals surface area contributed by atoms with E-state index in [1.807, 2.05) is 35.2 Å². The van der Waals surface area contributed by atoms with E-state index in [2.05, 4.69) is 32.9 Å². The van der Waals surface area contributed by atoms with Crippen LogP contribution >= 0.6 is 0 Å². The SMILES string of the molecule is C=CC(=O)N1CCC(c2cc(-c3ccc(C(=O)Nc4cc(C5CC5)ccn4)c(OC)c3)cc3cncnc23)C1. The third-order valence-electron chi connectivity index (χ3n) is 7.60. The lowest BCUT2D eigenvalue weighted by Gasteiger charge is -2.17. The molecule has 0 bridgehead atoms. The Kier molecular flexibility index (Phi) is 6.52. The molecule has 0 spiro atoms. The highest BCUT2D eigenvalue weighted by Gasteiger charge is 2.28. The predicted molar refractivity (Wildman–Crippen MR) is 150 cm³/mol. The van der Waals surface area contributed by atoms with Gasteiger partial charge in [0, 0.05) is 36.8 Å². The third kappa shape index (κ3) is 4.97. The molecule has 1 saturated heterocycles. The van der Waals surface area contributed by atoms with Crippen LogP contribution in [0.5, 0.6) is 5.75 Å². The summed E-state index contributed by atoms with van der Waals surface area (Å²) < 4.78 is 5.65. The Morgan fingerprint density at radius 2 is 1.92 bits per heavy atom. The van der Waals surface area contributed by atoms with E-state index in [1.54, 1.807) is 31.9 Å². The molecule has 1 atom stereocenters.